The number of amides is 1. The van der Waals surface area contributed by atoms with Gasteiger partial charge in [0.2, 0.25) is 0 Å². The van der Waals surface area contributed by atoms with Gasteiger partial charge in [-0.1, -0.05) is 17.7 Å². The Hall–Kier alpha value is -2.00. The van der Waals surface area contributed by atoms with Crippen LogP contribution < -0.4 is 4.72 Å². The van der Waals surface area contributed by atoms with E-state index >= 15 is 0 Å². The fourth-order valence-electron chi connectivity index (χ4n) is 1.59. The van der Waals surface area contributed by atoms with Gasteiger partial charge >= 0.3 is 6.09 Å². The van der Waals surface area contributed by atoms with Crippen LogP contribution in [0.5, 0.6) is 0 Å². The van der Waals surface area contributed by atoms with Gasteiger partial charge in [0.25, 0.3) is 15.9 Å². The van der Waals surface area contributed by atoms with Crippen molar-refractivity contribution >= 4 is 33.6 Å². The maximum Gasteiger partial charge on any atom is 0.420 e. The van der Waals surface area contributed by atoms with Crippen LogP contribution in [0, 0.1) is 0 Å². The van der Waals surface area contributed by atoms with Crippen molar-refractivity contribution in [2.45, 2.75) is 4.90 Å². The maximum atomic E-state index is 12.2. The molecule has 0 unspecified atom stereocenters. The van der Waals surface area contributed by atoms with Crippen LogP contribution in [0.25, 0.3) is 0 Å². The quantitative estimate of drug-likeness (QED) is 0.887. The van der Waals surface area contributed by atoms with Gasteiger partial charge in [-0.25, -0.2) is 17.9 Å². The average Bonchev–Trinajstić information content (AvgIpc) is 2.47. The number of hydrogen-bond donors (Lipinski definition) is 1. The molecule has 1 N–H and O–H groups in total. The predicted molar refractivity (Wildman–Crippen MR) is 72.6 cm³/mol. The van der Waals surface area contributed by atoms with Gasteiger partial charge in [-0.15, -0.1) is 0 Å². The van der Waals surface area contributed by atoms with E-state index in [4.69, 9.17) is 21.2 Å². The van der Waals surface area contributed by atoms with E-state index in [1.807, 2.05) is 0 Å². The van der Waals surface area contributed by atoms with Gasteiger partial charge in [-0.05, 0) is 17.3 Å². The normalized spacial score (nSPS) is 14.5. The zero-order valence-electron chi connectivity index (χ0n) is 10.8. The molecule has 10 heteroatoms. The van der Waals surface area contributed by atoms with E-state index in [-0.39, 0.29) is 34.6 Å². The molecule has 1 aliphatic heterocycles. The van der Waals surface area contributed by atoms with Crippen molar-refractivity contribution in [3.05, 3.63) is 28.8 Å². The fourth-order valence-corrected chi connectivity index (χ4v) is 3.24. The Morgan fingerprint density at radius 2 is 2.19 bits per heavy atom. The number of oxime groups is 1. The molecule has 1 aromatic carbocycles. The van der Waals surface area contributed by atoms with Crippen LogP contribution in [0.1, 0.15) is 5.56 Å². The molecule has 1 amide bonds. The first-order valence-electron chi connectivity index (χ1n) is 5.68. The third kappa shape index (κ3) is 3.37. The van der Waals surface area contributed by atoms with Crippen LogP contribution in [0.2, 0.25) is 5.02 Å². The minimum absolute atomic E-state index is 0.0333. The fraction of sp³-hybridized carbons (Fsp3) is 0.273. The first-order valence-corrected chi connectivity index (χ1v) is 7.54. The Bertz CT molecular complexity index is 688. The molecule has 1 aromatic rings. The molecule has 0 aliphatic carbocycles. The Morgan fingerprint density at radius 3 is 2.81 bits per heavy atom. The molecule has 1 aliphatic rings. The van der Waals surface area contributed by atoms with Gasteiger partial charge in [0.05, 0.1) is 17.7 Å². The van der Waals surface area contributed by atoms with Crippen molar-refractivity contribution in [1.82, 2.24) is 4.72 Å². The summed E-state index contributed by atoms with van der Waals surface area (Å²) in [5.41, 5.74) is 0.0820. The summed E-state index contributed by atoms with van der Waals surface area (Å²) >= 11 is 5.94. The molecule has 0 bridgehead atoms. The van der Waals surface area contributed by atoms with Crippen LogP contribution >= 0.6 is 11.6 Å². The van der Waals surface area contributed by atoms with Crippen LogP contribution in [0.15, 0.2) is 28.3 Å². The highest BCUT2D eigenvalue weighted by Crippen LogP contribution is 2.26. The number of methoxy groups -OCH3 is 1. The van der Waals surface area contributed by atoms with Gasteiger partial charge < -0.3 is 14.3 Å². The summed E-state index contributed by atoms with van der Waals surface area (Å²) in [4.78, 5) is 15.7. The van der Waals surface area contributed by atoms with E-state index in [2.05, 4.69) is 9.89 Å². The van der Waals surface area contributed by atoms with Crippen molar-refractivity contribution in [1.29, 1.82) is 0 Å². The minimum Gasteiger partial charge on any atom is -0.471 e. The van der Waals surface area contributed by atoms with E-state index in [0.29, 0.717) is 0 Å². The highest BCUT2D eigenvalue weighted by atomic mass is 35.5. The highest BCUT2D eigenvalue weighted by molar-refractivity contribution is 7.90. The number of ether oxygens (including phenoxy) is 2. The SMILES string of the molecule is COC(=O)NS(=O)(=O)c1c(Cl)cccc1C1=NOCCO1. The number of nitrogens with one attached hydrogen (secondary N) is 1. The molecular formula is C11H11ClN2O6S. The van der Waals surface area contributed by atoms with Crippen LogP contribution in [-0.2, 0) is 24.3 Å². The monoisotopic (exact) mass is 334 g/mol. The van der Waals surface area contributed by atoms with E-state index < -0.39 is 16.1 Å². The molecule has 0 atom stereocenters. The Kier molecular flexibility index (Phi) is 4.53. The molecule has 0 saturated carbocycles. The molecule has 0 fully saturated rings. The summed E-state index contributed by atoms with van der Waals surface area (Å²) in [6.45, 7) is 0.474. The van der Waals surface area contributed by atoms with Crippen molar-refractivity contribution in [3.63, 3.8) is 0 Å². The van der Waals surface area contributed by atoms with Crippen LogP contribution in [0.3, 0.4) is 0 Å². The Labute approximate surface area is 125 Å². The molecule has 1 heterocycles. The number of rotatable bonds is 3. The lowest BCUT2D eigenvalue weighted by molar-refractivity contribution is 0.0653. The summed E-state index contributed by atoms with van der Waals surface area (Å²) in [7, 11) is -3.21. The Morgan fingerprint density at radius 1 is 1.43 bits per heavy atom. The zero-order chi connectivity index (χ0) is 15.5. The standard InChI is InChI=1S/C11H11ClN2O6S/c1-18-11(15)14-21(16,17)9-7(3-2-4-8(9)12)10-13-20-6-5-19-10/h2-4H,5-6H2,1H3,(H,14,15). The number of carbonyl (C=O) groups is 1. The second kappa shape index (κ2) is 6.19. The van der Waals surface area contributed by atoms with Gasteiger partial charge in [-0.2, -0.15) is 0 Å². The van der Waals surface area contributed by atoms with Crippen molar-refractivity contribution in [3.8, 4) is 0 Å². The average molecular weight is 335 g/mol. The number of hydrogen-bond acceptors (Lipinski definition) is 7. The Balaban J connectivity index is 2.52. The second-order valence-electron chi connectivity index (χ2n) is 3.79. The lowest BCUT2D eigenvalue weighted by Crippen LogP contribution is -2.32. The van der Waals surface area contributed by atoms with Crippen molar-refractivity contribution in [2.24, 2.45) is 5.16 Å². The predicted octanol–water partition coefficient (Wildman–Crippen LogP) is 1.09. The number of halogens is 1. The van der Waals surface area contributed by atoms with Crippen molar-refractivity contribution in [2.75, 3.05) is 20.3 Å². The molecular weight excluding hydrogens is 324 g/mol. The number of nitrogens with zero attached hydrogens (tertiary/aromatic N) is 1. The third-order valence-electron chi connectivity index (χ3n) is 2.43. The molecule has 2 rings (SSSR count). The third-order valence-corrected chi connectivity index (χ3v) is 4.27. The maximum absolute atomic E-state index is 12.2. The second-order valence-corrected chi connectivity index (χ2v) is 5.82. The van der Waals surface area contributed by atoms with Crippen molar-refractivity contribution < 1.29 is 27.5 Å². The van der Waals surface area contributed by atoms with E-state index in [1.54, 1.807) is 4.72 Å². The molecule has 0 radical (unpaired) electrons. The van der Waals surface area contributed by atoms with E-state index in [9.17, 15) is 13.2 Å². The molecule has 0 saturated heterocycles. The molecule has 0 spiro atoms. The molecule has 8 nitrogen and oxygen atoms in total. The molecule has 0 aromatic heterocycles. The largest absolute Gasteiger partial charge is 0.471 e. The zero-order valence-corrected chi connectivity index (χ0v) is 12.4. The topological polar surface area (TPSA) is 103 Å². The molecule has 114 valence electrons. The summed E-state index contributed by atoms with van der Waals surface area (Å²) < 4.78 is 35.7. The van der Waals surface area contributed by atoms with Crippen LogP contribution in [-0.4, -0.2) is 40.7 Å². The minimum atomic E-state index is -4.26. The number of carbonyl (C=O) groups excluding carboxylic acids is 1. The molecule has 21 heavy (non-hydrogen) atoms. The summed E-state index contributed by atoms with van der Waals surface area (Å²) in [6, 6.07) is 4.32. The lowest BCUT2D eigenvalue weighted by Gasteiger charge is -2.17. The van der Waals surface area contributed by atoms with Gasteiger partial charge in [0, 0.05) is 0 Å². The highest BCUT2D eigenvalue weighted by Gasteiger charge is 2.28. The summed E-state index contributed by atoms with van der Waals surface area (Å²) in [6.07, 6.45) is -1.14. The summed E-state index contributed by atoms with van der Waals surface area (Å²) in [5.74, 6) is -0.0333. The lowest BCUT2D eigenvalue weighted by atomic mass is 10.2. The van der Waals surface area contributed by atoms with E-state index in [0.717, 1.165) is 7.11 Å². The summed E-state index contributed by atoms with van der Waals surface area (Å²) in [5, 5.41) is 3.55. The first-order chi connectivity index (χ1) is 9.95. The van der Waals surface area contributed by atoms with Gasteiger partial charge in [0.1, 0.15) is 11.5 Å². The van der Waals surface area contributed by atoms with Gasteiger partial charge in [0.15, 0.2) is 6.61 Å². The smallest absolute Gasteiger partial charge is 0.420 e. The number of benzene rings is 1. The number of sulfonamides is 1. The van der Waals surface area contributed by atoms with E-state index in [1.165, 1.54) is 18.2 Å². The first kappa shape index (κ1) is 15.4. The van der Waals surface area contributed by atoms with Crippen LogP contribution in [0.4, 0.5) is 4.79 Å². The van der Waals surface area contributed by atoms with Gasteiger partial charge in [-0.3, -0.25) is 0 Å².